The highest BCUT2D eigenvalue weighted by Crippen LogP contribution is 2.44. The van der Waals surface area contributed by atoms with Crippen molar-refractivity contribution in [1.29, 1.82) is 0 Å². The van der Waals surface area contributed by atoms with E-state index in [9.17, 15) is 0 Å². The van der Waals surface area contributed by atoms with Crippen molar-refractivity contribution < 1.29 is 0 Å². The van der Waals surface area contributed by atoms with Crippen LogP contribution in [0.4, 0.5) is 0 Å². The Morgan fingerprint density at radius 2 is 0.840 bits per heavy atom. The molecule has 0 aliphatic carbocycles. The molecule has 0 saturated carbocycles. The predicted octanol–water partition coefficient (Wildman–Crippen LogP) is 11.6. The van der Waals surface area contributed by atoms with E-state index in [1.54, 1.807) is 0 Å². The van der Waals surface area contributed by atoms with Crippen molar-refractivity contribution in [2.45, 2.75) is 0 Å². The number of pyridine rings is 2. The van der Waals surface area contributed by atoms with E-state index >= 15 is 0 Å². The second-order valence-electron chi connectivity index (χ2n) is 12.3. The molecule has 234 valence electrons. The molecular weight excluding hydrogens is 609 g/mol. The van der Waals surface area contributed by atoms with Crippen molar-refractivity contribution >= 4 is 21.5 Å². The number of benzene rings is 6. The largest absolute Gasteiger partial charge is 0.264 e. The van der Waals surface area contributed by atoms with Crippen LogP contribution in [0.1, 0.15) is 0 Å². The molecule has 3 aromatic heterocycles. The molecule has 0 radical (unpaired) electrons. The highest BCUT2D eigenvalue weighted by atomic mass is 14.9. The molecule has 9 rings (SSSR count). The maximum Gasteiger partial charge on any atom is 0.160 e. The number of aromatic nitrogens is 4. The Hall–Kier alpha value is -6.78. The lowest BCUT2D eigenvalue weighted by Crippen LogP contribution is -1.97. The second-order valence-corrected chi connectivity index (χ2v) is 12.3. The molecular formula is C46H30N4. The van der Waals surface area contributed by atoms with Crippen LogP contribution in [0, 0.1) is 0 Å². The first-order valence-electron chi connectivity index (χ1n) is 16.7. The molecule has 0 atom stereocenters. The summed E-state index contributed by atoms with van der Waals surface area (Å²) in [6.45, 7) is 0. The summed E-state index contributed by atoms with van der Waals surface area (Å²) in [4.78, 5) is 19.4. The number of hydrogen-bond acceptors (Lipinski definition) is 4. The quantitative estimate of drug-likeness (QED) is 0.170. The van der Waals surface area contributed by atoms with Gasteiger partial charge in [-0.2, -0.15) is 0 Å². The molecule has 4 heteroatoms. The van der Waals surface area contributed by atoms with Gasteiger partial charge in [0.25, 0.3) is 0 Å². The lowest BCUT2D eigenvalue weighted by Gasteiger charge is -2.18. The van der Waals surface area contributed by atoms with Gasteiger partial charge in [0.15, 0.2) is 5.82 Å². The van der Waals surface area contributed by atoms with Gasteiger partial charge in [-0.1, -0.05) is 127 Å². The summed E-state index contributed by atoms with van der Waals surface area (Å²) in [7, 11) is 0. The molecule has 0 fully saturated rings. The first-order valence-corrected chi connectivity index (χ1v) is 16.7. The van der Waals surface area contributed by atoms with Gasteiger partial charge in [0.2, 0.25) is 0 Å². The fourth-order valence-corrected chi connectivity index (χ4v) is 6.93. The van der Waals surface area contributed by atoms with E-state index in [1.165, 1.54) is 32.7 Å². The molecule has 9 aromatic rings. The molecule has 0 aliphatic rings. The smallest absolute Gasteiger partial charge is 0.160 e. The van der Waals surface area contributed by atoms with Crippen LogP contribution in [0.3, 0.4) is 0 Å². The molecule has 0 spiro atoms. The fraction of sp³-hybridized carbons (Fsp3) is 0. The van der Waals surface area contributed by atoms with Crippen LogP contribution in [-0.4, -0.2) is 19.9 Å². The minimum absolute atomic E-state index is 0.673. The molecule has 0 unspecified atom stereocenters. The summed E-state index contributed by atoms with van der Waals surface area (Å²) in [5.41, 5.74) is 11.3. The monoisotopic (exact) mass is 638 g/mol. The summed E-state index contributed by atoms with van der Waals surface area (Å²) in [5.74, 6) is 0.673. The molecule has 50 heavy (non-hydrogen) atoms. The first-order chi connectivity index (χ1) is 24.8. The number of hydrogen-bond donors (Lipinski definition) is 0. The van der Waals surface area contributed by atoms with Crippen LogP contribution >= 0.6 is 0 Å². The van der Waals surface area contributed by atoms with Gasteiger partial charge in [-0.3, -0.25) is 9.97 Å². The van der Waals surface area contributed by atoms with E-state index in [-0.39, 0.29) is 0 Å². The zero-order valence-corrected chi connectivity index (χ0v) is 27.1. The van der Waals surface area contributed by atoms with E-state index in [4.69, 9.17) is 9.97 Å². The first kappa shape index (κ1) is 29.4. The van der Waals surface area contributed by atoms with E-state index in [0.717, 1.165) is 50.5 Å². The average molecular weight is 639 g/mol. The minimum atomic E-state index is 0.673. The molecule has 0 bridgehead atoms. The van der Waals surface area contributed by atoms with Gasteiger partial charge in [-0.15, -0.1) is 0 Å². The average Bonchev–Trinajstić information content (AvgIpc) is 3.21. The molecule has 4 nitrogen and oxygen atoms in total. The van der Waals surface area contributed by atoms with E-state index in [2.05, 4.69) is 131 Å². The van der Waals surface area contributed by atoms with Crippen molar-refractivity contribution in [3.05, 3.63) is 182 Å². The molecule has 6 aromatic carbocycles. The number of rotatable bonds is 6. The van der Waals surface area contributed by atoms with Crippen molar-refractivity contribution in [3.63, 3.8) is 0 Å². The lowest BCUT2D eigenvalue weighted by atomic mass is 9.86. The van der Waals surface area contributed by atoms with Crippen molar-refractivity contribution in [3.8, 4) is 67.4 Å². The Kier molecular flexibility index (Phi) is 7.45. The van der Waals surface area contributed by atoms with Crippen LogP contribution in [0.2, 0.25) is 0 Å². The van der Waals surface area contributed by atoms with E-state index < -0.39 is 0 Å². The predicted molar refractivity (Wildman–Crippen MR) is 205 cm³/mol. The maximum absolute atomic E-state index is 5.21. The van der Waals surface area contributed by atoms with Crippen molar-refractivity contribution in [2.24, 2.45) is 0 Å². The third-order valence-electron chi connectivity index (χ3n) is 9.21. The standard InChI is InChI=1S/C46H30N4/c1-2-13-31(14-3-1)42-29-43(33-16-10-15-32(27-33)41-24-8-9-26-48-41)50-46(49-42)35-18-11-17-34(28-35)44-37-20-4-6-22-39(37)45(36-19-12-25-47-30-36)40-23-7-5-21-38(40)44/h1-30H. The van der Waals surface area contributed by atoms with Crippen LogP contribution in [0.5, 0.6) is 0 Å². The van der Waals surface area contributed by atoms with Gasteiger partial charge < -0.3 is 0 Å². The van der Waals surface area contributed by atoms with Gasteiger partial charge in [0, 0.05) is 46.4 Å². The zero-order chi connectivity index (χ0) is 33.3. The molecule has 0 aliphatic heterocycles. The third-order valence-corrected chi connectivity index (χ3v) is 9.21. The maximum atomic E-state index is 5.21. The Labute approximate surface area is 290 Å². The second kappa shape index (κ2) is 12.7. The Morgan fingerprint density at radius 1 is 0.320 bits per heavy atom. The van der Waals surface area contributed by atoms with Gasteiger partial charge in [0.05, 0.1) is 17.1 Å². The minimum Gasteiger partial charge on any atom is -0.264 e. The summed E-state index contributed by atoms with van der Waals surface area (Å²) >= 11 is 0. The SMILES string of the molecule is c1ccc(-c2cc(-c3cccc(-c4ccccn4)c3)nc(-c3cccc(-c4c5ccccc5c(-c5cccnc5)c5ccccc45)c3)n2)cc1. The Morgan fingerprint density at radius 3 is 1.48 bits per heavy atom. The molecule has 3 heterocycles. The Bertz CT molecular complexity index is 2580. The lowest BCUT2D eigenvalue weighted by molar-refractivity contribution is 1.18. The number of fused-ring (bicyclic) bond motifs is 2. The topological polar surface area (TPSA) is 51.6 Å². The fourth-order valence-electron chi connectivity index (χ4n) is 6.93. The summed E-state index contributed by atoms with van der Waals surface area (Å²) in [6.07, 6.45) is 5.60. The third kappa shape index (κ3) is 5.39. The van der Waals surface area contributed by atoms with Gasteiger partial charge in [-0.25, -0.2) is 9.97 Å². The van der Waals surface area contributed by atoms with Gasteiger partial charge >= 0.3 is 0 Å². The van der Waals surface area contributed by atoms with E-state index in [0.29, 0.717) is 5.82 Å². The summed E-state index contributed by atoms with van der Waals surface area (Å²) in [6, 6.07) is 56.9. The normalized spacial score (nSPS) is 11.2. The van der Waals surface area contributed by atoms with Gasteiger partial charge in [-0.05, 0) is 74.6 Å². The van der Waals surface area contributed by atoms with Crippen LogP contribution in [0.15, 0.2) is 182 Å². The molecule has 0 amide bonds. The zero-order valence-electron chi connectivity index (χ0n) is 27.1. The van der Waals surface area contributed by atoms with Gasteiger partial charge in [0.1, 0.15) is 0 Å². The highest BCUT2D eigenvalue weighted by Gasteiger charge is 2.18. The van der Waals surface area contributed by atoms with Crippen LogP contribution < -0.4 is 0 Å². The molecule has 0 N–H and O–H groups in total. The summed E-state index contributed by atoms with van der Waals surface area (Å²) in [5, 5.41) is 4.76. The summed E-state index contributed by atoms with van der Waals surface area (Å²) < 4.78 is 0. The van der Waals surface area contributed by atoms with E-state index in [1.807, 2.05) is 61.1 Å². The Balaban J connectivity index is 1.24. The van der Waals surface area contributed by atoms with Crippen molar-refractivity contribution in [2.75, 3.05) is 0 Å². The molecule has 0 saturated heterocycles. The van der Waals surface area contributed by atoms with Crippen LogP contribution in [0.25, 0.3) is 89.0 Å². The highest BCUT2D eigenvalue weighted by molar-refractivity contribution is 6.21. The number of nitrogens with zero attached hydrogens (tertiary/aromatic N) is 4. The van der Waals surface area contributed by atoms with Crippen molar-refractivity contribution in [1.82, 2.24) is 19.9 Å². The van der Waals surface area contributed by atoms with Crippen LogP contribution in [-0.2, 0) is 0 Å².